The maximum atomic E-state index is 12.0. The van der Waals surface area contributed by atoms with Crippen molar-refractivity contribution in [3.8, 4) is 0 Å². The van der Waals surface area contributed by atoms with E-state index in [0.717, 1.165) is 42.7 Å². The molecule has 2 aliphatic heterocycles. The molecule has 0 spiro atoms. The van der Waals surface area contributed by atoms with Gasteiger partial charge < -0.3 is 30.1 Å². The van der Waals surface area contributed by atoms with E-state index in [1.165, 1.54) is 32.1 Å². The summed E-state index contributed by atoms with van der Waals surface area (Å²) in [4.78, 5) is 14.6. The molecule has 2 amide bonds. The van der Waals surface area contributed by atoms with Gasteiger partial charge in [-0.05, 0) is 56.1 Å². The van der Waals surface area contributed by atoms with Gasteiger partial charge in [-0.1, -0.05) is 55.7 Å². The first-order valence-electron chi connectivity index (χ1n) is 13.0. The molecule has 2 fully saturated rings. The summed E-state index contributed by atoms with van der Waals surface area (Å²) in [5.41, 5.74) is 3.56. The van der Waals surface area contributed by atoms with Gasteiger partial charge in [0, 0.05) is 30.8 Å². The Morgan fingerprint density at radius 1 is 1.00 bits per heavy atom. The molecule has 2 aromatic carbocycles. The maximum Gasteiger partial charge on any atom is 0.319 e. The predicted octanol–water partition coefficient (Wildman–Crippen LogP) is 5.13. The molecule has 0 unspecified atom stereocenters. The van der Waals surface area contributed by atoms with Crippen molar-refractivity contribution >= 4 is 11.7 Å². The number of aliphatic hydroxyl groups excluding tert-OH is 1. The molecule has 0 aliphatic carbocycles. The van der Waals surface area contributed by atoms with Crippen molar-refractivity contribution < 1.29 is 19.4 Å². The Morgan fingerprint density at radius 2 is 1.74 bits per heavy atom. The fourth-order valence-corrected chi connectivity index (χ4v) is 4.92. The number of hydrogen-bond donors (Lipinski definition) is 3. The van der Waals surface area contributed by atoms with Gasteiger partial charge in [-0.3, -0.25) is 0 Å². The van der Waals surface area contributed by atoms with Crippen LogP contribution in [0.25, 0.3) is 0 Å². The summed E-state index contributed by atoms with van der Waals surface area (Å²) in [6.07, 6.45) is 6.62. The fourth-order valence-electron chi connectivity index (χ4n) is 4.92. The normalized spacial score (nSPS) is 23.8. The number of rotatable bonds is 7. The Bertz CT molecular complexity index is 928. The minimum absolute atomic E-state index is 0.0283. The Morgan fingerprint density at radius 3 is 2.46 bits per heavy atom. The number of likely N-dealkylation sites (tertiary alicyclic amines) is 1. The van der Waals surface area contributed by atoms with Crippen LogP contribution in [0.1, 0.15) is 74.5 Å². The molecule has 2 aliphatic rings. The molecule has 2 heterocycles. The Kier molecular flexibility index (Phi) is 9.54. The maximum absolute atomic E-state index is 12.0. The molecule has 0 saturated carbocycles. The van der Waals surface area contributed by atoms with Crippen LogP contribution in [-0.4, -0.2) is 48.3 Å². The Balaban J connectivity index is 1.52. The van der Waals surface area contributed by atoms with Crippen LogP contribution in [0, 0.1) is 0 Å². The summed E-state index contributed by atoms with van der Waals surface area (Å²) in [7, 11) is 0. The standard InChI is InChI=1S/C28H39N3O4/c1-2-29-28(33)30-24-10-8-9-23(17-24)27-34-25(19-31-15-6-4-3-5-7-16-31)18-26(35-27)22-13-11-21(20-32)12-14-22/h8-14,17,25-27,32H,2-7,15-16,18-20H2,1H3,(H2,29,30,33)/t25-,26+,27+/m1/s1. The molecular formula is C28H39N3O4. The van der Waals surface area contributed by atoms with Gasteiger partial charge >= 0.3 is 6.03 Å². The second-order valence-electron chi connectivity index (χ2n) is 9.53. The van der Waals surface area contributed by atoms with Crippen molar-refractivity contribution in [3.63, 3.8) is 0 Å². The van der Waals surface area contributed by atoms with Crippen LogP contribution in [0.15, 0.2) is 48.5 Å². The van der Waals surface area contributed by atoms with Crippen LogP contribution >= 0.6 is 0 Å². The minimum atomic E-state index is -0.526. The van der Waals surface area contributed by atoms with Gasteiger partial charge in [0.05, 0.1) is 18.8 Å². The molecule has 2 aromatic rings. The lowest BCUT2D eigenvalue weighted by Gasteiger charge is -2.39. The molecule has 0 aromatic heterocycles. The topological polar surface area (TPSA) is 83.1 Å². The third-order valence-electron chi connectivity index (χ3n) is 6.78. The average Bonchev–Trinajstić information content (AvgIpc) is 2.86. The summed E-state index contributed by atoms with van der Waals surface area (Å²) in [5, 5.41) is 15.1. The van der Waals surface area contributed by atoms with E-state index in [4.69, 9.17) is 9.47 Å². The first-order valence-corrected chi connectivity index (χ1v) is 13.0. The van der Waals surface area contributed by atoms with E-state index in [9.17, 15) is 9.90 Å². The average molecular weight is 482 g/mol. The second-order valence-corrected chi connectivity index (χ2v) is 9.53. The molecule has 2 saturated heterocycles. The highest BCUT2D eigenvalue weighted by Gasteiger charge is 2.33. The lowest BCUT2D eigenvalue weighted by molar-refractivity contribution is -0.253. The number of benzene rings is 2. The summed E-state index contributed by atoms with van der Waals surface area (Å²) >= 11 is 0. The first-order chi connectivity index (χ1) is 17.1. The summed E-state index contributed by atoms with van der Waals surface area (Å²) in [6, 6.07) is 15.4. The van der Waals surface area contributed by atoms with Gasteiger partial charge in [-0.25, -0.2) is 4.79 Å². The van der Waals surface area contributed by atoms with E-state index in [2.05, 4.69) is 15.5 Å². The van der Waals surface area contributed by atoms with Crippen molar-refractivity contribution in [1.82, 2.24) is 10.2 Å². The number of nitrogens with one attached hydrogen (secondary N) is 2. The van der Waals surface area contributed by atoms with Gasteiger partial charge in [0.15, 0.2) is 6.29 Å². The zero-order valence-electron chi connectivity index (χ0n) is 20.7. The highest BCUT2D eigenvalue weighted by Crippen LogP contribution is 2.38. The number of urea groups is 1. The SMILES string of the molecule is CCNC(=O)Nc1cccc([C@H]2O[C@@H](CN3CCCCCCC3)C[C@@H](c3ccc(CO)cc3)O2)c1. The van der Waals surface area contributed by atoms with Crippen LogP contribution in [0.4, 0.5) is 10.5 Å². The van der Waals surface area contributed by atoms with Crippen molar-refractivity contribution in [2.75, 3.05) is 31.5 Å². The number of carbonyl (C=O) groups excluding carboxylic acids is 1. The van der Waals surface area contributed by atoms with Crippen LogP contribution < -0.4 is 10.6 Å². The first kappa shape index (κ1) is 25.6. The fraction of sp³-hybridized carbons (Fsp3) is 0.536. The van der Waals surface area contributed by atoms with E-state index >= 15 is 0 Å². The van der Waals surface area contributed by atoms with Crippen LogP contribution in [0.5, 0.6) is 0 Å². The van der Waals surface area contributed by atoms with Crippen molar-refractivity contribution in [2.45, 2.75) is 70.6 Å². The lowest BCUT2D eigenvalue weighted by atomic mass is 9.99. The molecular weight excluding hydrogens is 442 g/mol. The molecule has 3 N–H and O–H groups in total. The van der Waals surface area contributed by atoms with Gasteiger partial charge in [0.2, 0.25) is 0 Å². The van der Waals surface area contributed by atoms with Crippen molar-refractivity contribution in [3.05, 3.63) is 65.2 Å². The van der Waals surface area contributed by atoms with E-state index in [1.54, 1.807) is 0 Å². The highest BCUT2D eigenvalue weighted by atomic mass is 16.7. The molecule has 0 radical (unpaired) electrons. The molecule has 190 valence electrons. The van der Waals surface area contributed by atoms with Gasteiger partial charge in [-0.2, -0.15) is 0 Å². The van der Waals surface area contributed by atoms with Crippen molar-refractivity contribution in [2.24, 2.45) is 0 Å². The Hall–Kier alpha value is -2.45. The molecule has 7 nitrogen and oxygen atoms in total. The molecule has 3 atom stereocenters. The van der Waals surface area contributed by atoms with E-state index in [0.29, 0.717) is 12.2 Å². The Labute approximate surface area is 208 Å². The zero-order chi connectivity index (χ0) is 24.5. The number of amides is 2. The van der Waals surface area contributed by atoms with E-state index in [1.807, 2.05) is 55.5 Å². The molecule has 0 bridgehead atoms. The lowest BCUT2D eigenvalue weighted by Crippen LogP contribution is -2.40. The smallest absolute Gasteiger partial charge is 0.319 e. The summed E-state index contributed by atoms with van der Waals surface area (Å²) < 4.78 is 13.0. The highest BCUT2D eigenvalue weighted by molar-refractivity contribution is 5.89. The van der Waals surface area contributed by atoms with Crippen LogP contribution in [0.2, 0.25) is 0 Å². The molecule has 4 rings (SSSR count). The zero-order valence-corrected chi connectivity index (χ0v) is 20.7. The number of ether oxygens (including phenoxy) is 2. The number of nitrogens with zero attached hydrogens (tertiary/aromatic N) is 1. The quantitative estimate of drug-likeness (QED) is 0.511. The largest absolute Gasteiger partial charge is 0.392 e. The van der Waals surface area contributed by atoms with Crippen LogP contribution in [0.3, 0.4) is 0 Å². The van der Waals surface area contributed by atoms with E-state index in [-0.39, 0.29) is 24.8 Å². The number of hydrogen-bond acceptors (Lipinski definition) is 5. The monoisotopic (exact) mass is 481 g/mol. The molecule has 35 heavy (non-hydrogen) atoms. The van der Waals surface area contributed by atoms with Gasteiger partial charge in [-0.15, -0.1) is 0 Å². The number of aliphatic hydroxyl groups is 1. The van der Waals surface area contributed by atoms with E-state index < -0.39 is 6.29 Å². The summed E-state index contributed by atoms with van der Waals surface area (Å²) in [5.74, 6) is 0. The number of anilines is 1. The molecule has 7 heteroatoms. The number of carbonyl (C=O) groups is 1. The second kappa shape index (κ2) is 13.0. The van der Waals surface area contributed by atoms with Gasteiger partial charge in [0.25, 0.3) is 0 Å². The summed E-state index contributed by atoms with van der Waals surface area (Å²) in [6.45, 7) is 5.61. The minimum Gasteiger partial charge on any atom is -0.392 e. The third kappa shape index (κ3) is 7.51. The van der Waals surface area contributed by atoms with Gasteiger partial charge in [0.1, 0.15) is 0 Å². The third-order valence-corrected chi connectivity index (χ3v) is 6.78. The van der Waals surface area contributed by atoms with Crippen LogP contribution in [-0.2, 0) is 16.1 Å². The predicted molar refractivity (Wildman–Crippen MR) is 137 cm³/mol. The van der Waals surface area contributed by atoms with Crippen molar-refractivity contribution in [1.29, 1.82) is 0 Å².